The second-order valence-corrected chi connectivity index (χ2v) is 6.96. The molecule has 0 N–H and O–H groups in total. The van der Waals surface area contributed by atoms with Gasteiger partial charge in [-0.15, -0.1) is 0 Å². The Labute approximate surface area is 138 Å². The van der Waals surface area contributed by atoms with E-state index in [4.69, 9.17) is 9.47 Å². The fourth-order valence-corrected chi connectivity index (χ4v) is 2.69. The smallest absolute Gasteiger partial charge is 0.330 e. The highest BCUT2D eigenvalue weighted by atomic mass is 16.6. The molecule has 0 radical (unpaired) electrons. The Bertz CT molecular complexity index is 612. The summed E-state index contributed by atoms with van der Waals surface area (Å²) < 4.78 is 11.4. The quantitative estimate of drug-likeness (QED) is 0.428. The van der Waals surface area contributed by atoms with E-state index in [9.17, 15) is 9.59 Å². The van der Waals surface area contributed by atoms with Crippen molar-refractivity contribution < 1.29 is 19.1 Å². The molecular formula is C19H26O4. The maximum atomic E-state index is 11.4. The van der Waals surface area contributed by atoms with Crippen molar-refractivity contribution in [2.45, 2.75) is 59.2 Å². The number of ether oxygens (including phenoxy) is 2. The lowest BCUT2D eigenvalue weighted by atomic mass is 9.92. The molecule has 0 spiro atoms. The number of aryl methyl sites for hydroxylation is 1. The van der Waals surface area contributed by atoms with Crippen LogP contribution in [0.4, 0.5) is 0 Å². The van der Waals surface area contributed by atoms with Gasteiger partial charge in [-0.25, -0.2) is 4.79 Å². The molecule has 1 aromatic carbocycles. The predicted molar refractivity (Wildman–Crippen MR) is 90.9 cm³/mol. The largest absolute Gasteiger partial charge is 0.487 e. The van der Waals surface area contributed by atoms with Gasteiger partial charge in [-0.1, -0.05) is 6.58 Å². The van der Waals surface area contributed by atoms with Crippen molar-refractivity contribution in [1.29, 1.82) is 0 Å². The van der Waals surface area contributed by atoms with E-state index in [-0.39, 0.29) is 5.78 Å². The van der Waals surface area contributed by atoms with Crippen molar-refractivity contribution in [2.24, 2.45) is 0 Å². The molecule has 0 bridgehead atoms. The number of benzene rings is 1. The molecule has 1 aromatic rings. The van der Waals surface area contributed by atoms with Crippen LogP contribution in [0.3, 0.4) is 0 Å². The highest BCUT2D eigenvalue weighted by molar-refractivity contribution is 5.94. The number of hydrogen-bond donors (Lipinski definition) is 0. The number of carbonyl (C=O) groups excluding carboxylic acids is 2. The number of carbonyl (C=O) groups is 2. The number of hydrogen-bond acceptors (Lipinski definition) is 4. The van der Waals surface area contributed by atoms with Crippen molar-refractivity contribution in [2.75, 3.05) is 0 Å². The average molecular weight is 318 g/mol. The summed E-state index contributed by atoms with van der Waals surface area (Å²) in [6.45, 7) is 14.4. The number of esters is 1. The van der Waals surface area contributed by atoms with Gasteiger partial charge in [0, 0.05) is 18.1 Å². The Kier molecular flexibility index (Phi) is 5.75. The van der Waals surface area contributed by atoms with Crippen LogP contribution in [0.15, 0.2) is 30.9 Å². The first-order chi connectivity index (χ1) is 10.5. The fraction of sp³-hybridized carbons (Fsp3) is 0.474. The normalized spacial score (nSPS) is 11.7. The number of rotatable bonds is 7. The zero-order chi connectivity index (χ0) is 17.8. The molecule has 4 nitrogen and oxygen atoms in total. The molecule has 0 heterocycles. The Hall–Kier alpha value is -2.10. The van der Waals surface area contributed by atoms with Crippen LogP contribution in [0.2, 0.25) is 0 Å². The first kappa shape index (κ1) is 18.9. The summed E-state index contributed by atoms with van der Waals surface area (Å²) >= 11 is 0. The van der Waals surface area contributed by atoms with Crippen LogP contribution >= 0.6 is 0 Å². The molecular weight excluding hydrogens is 292 g/mol. The summed E-state index contributed by atoms with van der Waals surface area (Å²) in [6.07, 6.45) is 1.66. The summed E-state index contributed by atoms with van der Waals surface area (Å²) in [5.74, 6) is 0.287. The lowest BCUT2D eigenvalue weighted by Gasteiger charge is -2.35. The molecule has 126 valence electrons. The van der Waals surface area contributed by atoms with Crippen molar-refractivity contribution >= 4 is 11.8 Å². The van der Waals surface area contributed by atoms with E-state index >= 15 is 0 Å². The van der Waals surface area contributed by atoms with Crippen LogP contribution in [-0.2, 0) is 9.53 Å². The van der Waals surface area contributed by atoms with Crippen LogP contribution in [0, 0.1) is 6.92 Å². The van der Waals surface area contributed by atoms with Crippen molar-refractivity contribution in [3.63, 3.8) is 0 Å². The minimum absolute atomic E-state index is 0.0244. The van der Waals surface area contributed by atoms with Gasteiger partial charge in [-0.2, -0.15) is 0 Å². The molecule has 0 saturated carbocycles. The Balaban J connectivity index is 2.87. The van der Waals surface area contributed by atoms with Gasteiger partial charge >= 0.3 is 5.97 Å². The standard InChI is InChI=1S/C19H26O4/c1-8-17(21)23-19(6,7)12-18(4,5)22-16-10-9-15(14(3)20)11-13(16)2/h8-11H,1,12H2,2-7H3. The van der Waals surface area contributed by atoms with E-state index in [0.717, 1.165) is 11.6 Å². The first-order valence-electron chi connectivity index (χ1n) is 7.62. The molecule has 0 amide bonds. The van der Waals surface area contributed by atoms with Crippen LogP contribution in [0.1, 0.15) is 57.0 Å². The fourth-order valence-electron chi connectivity index (χ4n) is 2.69. The molecule has 4 heteroatoms. The number of Topliss-reactive ketones (excluding diaryl/α,β-unsaturated/α-hetero) is 1. The summed E-state index contributed by atoms with van der Waals surface area (Å²) in [5.41, 5.74) is 0.328. The van der Waals surface area contributed by atoms with E-state index in [1.807, 2.05) is 40.7 Å². The molecule has 0 aliphatic rings. The van der Waals surface area contributed by atoms with Crippen LogP contribution in [0.5, 0.6) is 5.75 Å². The predicted octanol–water partition coefficient (Wildman–Crippen LogP) is 4.25. The van der Waals surface area contributed by atoms with E-state index in [2.05, 4.69) is 6.58 Å². The van der Waals surface area contributed by atoms with E-state index < -0.39 is 17.2 Å². The highest BCUT2D eigenvalue weighted by Gasteiger charge is 2.33. The van der Waals surface area contributed by atoms with Gasteiger partial charge < -0.3 is 9.47 Å². The Morgan fingerprint density at radius 2 is 1.78 bits per heavy atom. The first-order valence-corrected chi connectivity index (χ1v) is 7.62. The van der Waals surface area contributed by atoms with E-state index in [1.54, 1.807) is 12.1 Å². The van der Waals surface area contributed by atoms with Gasteiger partial charge in [0.15, 0.2) is 5.78 Å². The minimum Gasteiger partial charge on any atom is -0.487 e. The molecule has 23 heavy (non-hydrogen) atoms. The van der Waals surface area contributed by atoms with E-state index in [0.29, 0.717) is 17.7 Å². The minimum atomic E-state index is -0.679. The molecule has 0 fully saturated rings. The summed E-state index contributed by atoms with van der Waals surface area (Å²) in [7, 11) is 0. The maximum Gasteiger partial charge on any atom is 0.330 e. The molecule has 0 aliphatic heterocycles. The third-order valence-electron chi connectivity index (χ3n) is 3.36. The van der Waals surface area contributed by atoms with Crippen molar-refractivity contribution in [3.8, 4) is 5.75 Å². The Morgan fingerprint density at radius 3 is 2.26 bits per heavy atom. The Morgan fingerprint density at radius 1 is 1.17 bits per heavy atom. The van der Waals surface area contributed by atoms with Gasteiger partial charge in [0.2, 0.25) is 0 Å². The second-order valence-electron chi connectivity index (χ2n) is 6.96. The van der Waals surface area contributed by atoms with E-state index in [1.165, 1.54) is 6.92 Å². The number of ketones is 1. The highest BCUT2D eigenvalue weighted by Crippen LogP contribution is 2.30. The molecule has 0 unspecified atom stereocenters. The maximum absolute atomic E-state index is 11.4. The third kappa shape index (κ3) is 5.89. The molecule has 0 aromatic heterocycles. The SMILES string of the molecule is C=CC(=O)OC(C)(C)CC(C)(C)Oc1ccc(C(C)=O)cc1C. The summed E-state index contributed by atoms with van der Waals surface area (Å²) in [5, 5.41) is 0. The molecule has 0 atom stereocenters. The summed E-state index contributed by atoms with van der Waals surface area (Å²) in [4.78, 5) is 22.8. The molecule has 1 rings (SSSR count). The molecule has 0 aliphatic carbocycles. The lowest BCUT2D eigenvalue weighted by molar-refractivity contribution is -0.154. The third-order valence-corrected chi connectivity index (χ3v) is 3.36. The molecule has 0 saturated heterocycles. The average Bonchev–Trinajstić information content (AvgIpc) is 2.38. The van der Waals surface area contributed by atoms with Crippen molar-refractivity contribution in [3.05, 3.63) is 42.0 Å². The van der Waals surface area contributed by atoms with Gasteiger partial charge in [0.05, 0.1) is 0 Å². The monoisotopic (exact) mass is 318 g/mol. The lowest BCUT2D eigenvalue weighted by Crippen LogP contribution is -2.40. The van der Waals surface area contributed by atoms with Gasteiger partial charge in [-0.3, -0.25) is 4.79 Å². The van der Waals surface area contributed by atoms with Gasteiger partial charge in [0.1, 0.15) is 17.0 Å². The zero-order valence-electron chi connectivity index (χ0n) is 14.9. The van der Waals surface area contributed by atoms with Gasteiger partial charge in [-0.05, 0) is 65.3 Å². The van der Waals surface area contributed by atoms with Crippen molar-refractivity contribution in [1.82, 2.24) is 0 Å². The van der Waals surface area contributed by atoms with Gasteiger partial charge in [0.25, 0.3) is 0 Å². The summed E-state index contributed by atoms with van der Waals surface area (Å²) in [6, 6.07) is 5.37. The second kappa shape index (κ2) is 6.99. The zero-order valence-corrected chi connectivity index (χ0v) is 14.9. The topological polar surface area (TPSA) is 52.6 Å². The van der Waals surface area contributed by atoms with Crippen LogP contribution in [-0.4, -0.2) is 23.0 Å². The van der Waals surface area contributed by atoms with Crippen LogP contribution < -0.4 is 4.74 Å². The van der Waals surface area contributed by atoms with Crippen LogP contribution in [0.25, 0.3) is 0 Å².